The molecule has 0 heterocycles. The second kappa shape index (κ2) is 13.9. The molecule has 0 aliphatic heterocycles. The van der Waals surface area contributed by atoms with E-state index in [-0.39, 0.29) is 10.8 Å². The van der Waals surface area contributed by atoms with E-state index in [0.29, 0.717) is 0 Å². The summed E-state index contributed by atoms with van der Waals surface area (Å²) in [6.45, 7) is 0. The van der Waals surface area contributed by atoms with Crippen LogP contribution in [0.3, 0.4) is 0 Å². The number of hydrogen-bond acceptors (Lipinski definition) is 0. The van der Waals surface area contributed by atoms with Crippen LogP contribution in [0, 0.1) is 11.8 Å². The Morgan fingerprint density at radius 3 is 0.774 bits per heavy atom. The quantitative estimate of drug-likeness (QED) is 0.147. The zero-order valence-corrected chi connectivity index (χ0v) is 35.0. The highest BCUT2D eigenvalue weighted by molar-refractivity contribution is 6.22. The summed E-state index contributed by atoms with van der Waals surface area (Å²) >= 11 is 0. The molecule has 10 aromatic rings. The van der Waals surface area contributed by atoms with Crippen molar-refractivity contribution in [1.29, 1.82) is 0 Å². The van der Waals surface area contributed by atoms with Crippen LogP contribution in [0.4, 0.5) is 0 Å². The molecule has 0 amide bonds. The zero-order valence-electron chi connectivity index (χ0n) is 35.0. The third-order valence-electron chi connectivity index (χ3n) is 15.6. The molecule has 0 saturated heterocycles. The first-order chi connectivity index (χ1) is 30.6. The van der Waals surface area contributed by atoms with E-state index in [9.17, 15) is 0 Å². The Bertz CT molecular complexity index is 2990. The number of fused-ring (bicyclic) bond motifs is 4. The maximum absolute atomic E-state index is 2.53. The van der Waals surface area contributed by atoms with Gasteiger partial charge in [-0.3, -0.25) is 0 Å². The third-order valence-corrected chi connectivity index (χ3v) is 15.6. The van der Waals surface area contributed by atoms with Crippen LogP contribution >= 0.6 is 0 Å². The summed E-state index contributed by atoms with van der Waals surface area (Å²) in [7, 11) is 0. The molecule has 0 heteroatoms. The van der Waals surface area contributed by atoms with Crippen LogP contribution in [0.2, 0.25) is 0 Å². The molecule has 4 bridgehead atoms. The van der Waals surface area contributed by atoms with Crippen molar-refractivity contribution in [3.8, 4) is 44.5 Å². The average molecular weight is 793 g/mol. The number of hydrogen-bond donors (Lipinski definition) is 0. The molecule has 4 saturated carbocycles. The second-order valence-corrected chi connectivity index (χ2v) is 19.1. The monoisotopic (exact) mass is 792 g/mol. The molecular formula is C62H48. The maximum atomic E-state index is 2.53. The Labute approximate surface area is 364 Å². The minimum absolute atomic E-state index is 0.224. The van der Waals surface area contributed by atoms with Gasteiger partial charge in [0, 0.05) is 0 Å². The molecule has 4 aliphatic carbocycles. The van der Waals surface area contributed by atoms with E-state index in [1.54, 1.807) is 11.1 Å². The van der Waals surface area contributed by atoms with Gasteiger partial charge in [0.1, 0.15) is 0 Å². The molecule has 0 aromatic heterocycles. The lowest BCUT2D eigenvalue weighted by atomic mass is 9.41. The lowest BCUT2D eigenvalue weighted by molar-refractivity contribution is -0.0281. The van der Waals surface area contributed by atoms with Gasteiger partial charge in [0.05, 0.1) is 0 Å². The van der Waals surface area contributed by atoms with Crippen LogP contribution < -0.4 is 0 Å². The van der Waals surface area contributed by atoms with E-state index in [0.717, 1.165) is 11.8 Å². The molecule has 4 aliphatic rings. The standard InChI is InChI=1S/C62H48/c1-3-15-43(16-4-1)57-49-19-7-11-23-53(49)59(54-24-12-8-20-50(54)57)45-27-31-47(32-28-45)61-36-41-35-42(37-61)39-62(38-41,40-61)48-33-29-46(30-34-48)60-55-25-13-9-21-51(55)58(44-17-5-2-6-18-44)52-22-10-14-26-56(52)60/h1-34,41-42H,35-40H2. The number of rotatable bonds is 6. The fourth-order valence-electron chi connectivity index (χ4n) is 13.6. The minimum Gasteiger partial charge on any atom is -0.0622 e. The third kappa shape index (κ3) is 5.45. The Morgan fingerprint density at radius 1 is 0.258 bits per heavy atom. The average Bonchev–Trinajstić information content (AvgIpc) is 3.32. The van der Waals surface area contributed by atoms with Gasteiger partial charge in [0.15, 0.2) is 0 Å². The lowest BCUT2D eigenvalue weighted by Crippen LogP contribution is -2.55. The number of benzene rings is 10. The molecule has 296 valence electrons. The molecule has 0 nitrogen and oxygen atoms in total. The van der Waals surface area contributed by atoms with Crippen LogP contribution in [0.25, 0.3) is 87.6 Å². The van der Waals surface area contributed by atoms with Crippen molar-refractivity contribution in [3.05, 3.63) is 217 Å². The van der Waals surface area contributed by atoms with Gasteiger partial charge in [-0.05, 0) is 160 Å². The molecule has 0 N–H and O–H groups in total. The molecule has 4 fully saturated rings. The van der Waals surface area contributed by atoms with Crippen molar-refractivity contribution < 1.29 is 0 Å². The summed E-state index contributed by atoms with van der Waals surface area (Å²) in [5.41, 5.74) is 14.1. The van der Waals surface area contributed by atoms with Gasteiger partial charge in [-0.2, -0.15) is 0 Å². The lowest BCUT2D eigenvalue weighted by Gasteiger charge is -2.63. The smallest absolute Gasteiger partial charge is 0.00264 e. The topological polar surface area (TPSA) is 0 Å². The fraction of sp³-hybridized carbons (Fsp3) is 0.161. The predicted molar refractivity (Wildman–Crippen MR) is 263 cm³/mol. The van der Waals surface area contributed by atoms with Crippen LogP contribution in [-0.4, -0.2) is 0 Å². The summed E-state index contributed by atoms with van der Waals surface area (Å²) in [5, 5.41) is 10.6. The van der Waals surface area contributed by atoms with Crippen LogP contribution in [0.5, 0.6) is 0 Å². The van der Waals surface area contributed by atoms with Gasteiger partial charge in [0.25, 0.3) is 0 Å². The summed E-state index contributed by atoms with van der Waals surface area (Å²) in [4.78, 5) is 0. The summed E-state index contributed by atoms with van der Waals surface area (Å²) in [6.07, 6.45) is 7.95. The van der Waals surface area contributed by atoms with Crippen LogP contribution in [0.15, 0.2) is 206 Å². The van der Waals surface area contributed by atoms with Gasteiger partial charge in [-0.25, -0.2) is 0 Å². The highest BCUT2D eigenvalue weighted by Gasteiger charge is 2.58. The first kappa shape index (κ1) is 35.9. The molecule has 0 unspecified atom stereocenters. The van der Waals surface area contributed by atoms with Gasteiger partial charge in [-0.1, -0.05) is 206 Å². The predicted octanol–water partition coefficient (Wildman–Crippen LogP) is 16.8. The highest BCUT2D eigenvalue weighted by Crippen LogP contribution is 2.66. The van der Waals surface area contributed by atoms with E-state index in [2.05, 4.69) is 206 Å². The Kier molecular flexibility index (Phi) is 8.05. The van der Waals surface area contributed by atoms with E-state index >= 15 is 0 Å². The molecule has 0 spiro atoms. The maximum Gasteiger partial charge on any atom is -0.00264 e. The molecule has 14 rings (SSSR count). The van der Waals surface area contributed by atoms with Crippen molar-refractivity contribution in [2.45, 2.75) is 49.4 Å². The summed E-state index contributed by atoms with van der Waals surface area (Å²) in [6, 6.07) is 78.0. The Morgan fingerprint density at radius 2 is 0.500 bits per heavy atom. The van der Waals surface area contributed by atoms with Crippen molar-refractivity contribution in [2.24, 2.45) is 11.8 Å². The zero-order chi connectivity index (χ0) is 40.8. The molecule has 62 heavy (non-hydrogen) atoms. The second-order valence-electron chi connectivity index (χ2n) is 19.1. The van der Waals surface area contributed by atoms with Gasteiger partial charge >= 0.3 is 0 Å². The van der Waals surface area contributed by atoms with Crippen LogP contribution in [0.1, 0.15) is 49.7 Å². The summed E-state index contributed by atoms with van der Waals surface area (Å²) < 4.78 is 0. The minimum atomic E-state index is 0.224. The Balaban J connectivity index is 0.880. The molecule has 10 aromatic carbocycles. The van der Waals surface area contributed by atoms with Crippen molar-refractivity contribution >= 4 is 43.1 Å². The van der Waals surface area contributed by atoms with E-state index in [1.807, 2.05) is 0 Å². The largest absolute Gasteiger partial charge is 0.0622 e. The first-order valence-electron chi connectivity index (χ1n) is 22.8. The van der Waals surface area contributed by atoms with Crippen LogP contribution in [-0.2, 0) is 10.8 Å². The van der Waals surface area contributed by atoms with Gasteiger partial charge in [0.2, 0.25) is 0 Å². The SMILES string of the molecule is c1ccc(-c2c3ccccc3c(-c3ccc(C45CC6CC(C4)CC(c4ccc(-c7c8ccccc8c(-c8ccccc8)c8ccccc78)cc4)(C6)C5)cc3)c3ccccc23)cc1. The van der Waals surface area contributed by atoms with Gasteiger partial charge in [-0.15, -0.1) is 0 Å². The molecular weight excluding hydrogens is 745 g/mol. The van der Waals surface area contributed by atoms with E-state index in [4.69, 9.17) is 0 Å². The van der Waals surface area contributed by atoms with E-state index < -0.39 is 0 Å². The highest BCUT2D eigenvalue weighted by atomic mass is 14.6. The summed E-state index contributed by atoms with van der Waals surface area (Å²) in [5.74, 6) is 1.57. The van der Waals surface area contributed by atoms with Crippen molar-refractivity contribution in [1.82, 2.24) is 0 Å². The normalized spacial score (nSPS) is 21.6. The first-order valence-corrected chi connectivity index (χ1v) is 22.8. The van der Waals surface area contributed by atoms with Gasteiger partial charge < -0.3 is 0 Å². The van der Waals surface area contributed by atoms with Crippen molar-refractivity contribution in [3.63, 3.8) is 0 Å². The Hall–Kier alpha value is -6.76. The van der Waals surface area contributed by atoms with Crippen molar-refractivity contribution in [2.75, 3.05) is 0 Å². The molecule has 0 atom stereocenters. The van der Waals surface area contributed by atoms with E-state index in [1.165, 1.54) is 126 Å². The fourth-order valence-corrected chi connectivity index (χ4v) is 13.6. The molecule has 0 radical (unpaired) electrons.